The van der Waals surface area contributed by atoms with Gasteiger partial charge in [0.15, 0.2) is 5.82 Å². The summed E-state index contributed by atoms with van der Waals surface area (Å²) >= 11 is 13.5. The summed E-state index contributed by atoms with van der Waals surface area (Å²) in [7, 11) is 0. The lowest BCUT2D eigenvalue weighted by molar-refractivity contribution is -0.134. The summed E-state index contributed by atoms with van der Waals surface area (Å²) in [6, 6.07) is 5.60. The first-order valence-electron chi connectivity index (χ1n) is 8.48. The van der Waals surface area contributed by atoms with E-state index in [0.717, 1.165) is 12.8 Å². The van der Waals surface area contributed by atoms with Gasteiger partial charge in [0.25, 0.3) is 0 Å². The molecule has 3 rings (SSSR count). The van der Waals surface area contributed by atoms with Gasteiger partial charge in [-0.2, -0.15) is 0 Å². The molecule has 0 spiro atoms. The summed E-state index contributed by atoms with van der Waals surface area (Å²) in [6.07, 6.45) is 3.26. The summed E-state index contributed by atoms with van der Waals surface area (Å²) in [5.74, 6) is 6.90. The number of benzene rings is 1. The fraction of sp³-hybridized carbons (Fsp3) is 0.471. The molecule has 2 N–H and O–H groups in total. The van der Waals surface area contributed by atoms with Crippen LogP contribution in [-0.4, -0.2) is 43.5 Å². The third-order valence-electron chi connectivity index (χ3n) is 4.64. The lowest BCUT2D eigenvalue weighted by Gasteiger charge is -2.39. The van der Waals surface area contributed by atoms with Crippen LogP contribution in [0.3, 0.4) is 0 Å². The van der Waals surface area contributed by atoms with Crippen LogP contribution in [0.5, 0.6) is 0 Å². The van der Waals surface area contributed by atoms with E-state index in [0.29, 0.717) is 26.6 Å². The van der Waals surface area contributed by atoms with Crippen molar-refractivity contribution in [3.8, 4) is 11.4 Å². The maximum absolute atomic E-state index is 12.6. The van der Waals surface area contributed by atoms with Crippen molar-refractivity contribution in [3.05, 3.63) is 28.2 Å². The molecule has 1 aliphatic heterocycles. The minimum atomic E-state index is 0.0973. The predicted molar refractivity (Wildman–Crippen MR) is 106 cm³/mol. The number of halogens is 2. The first kappa shape index (κ1) is 19.3. The summed E-state index contributed by atoms with van der Waals surface area (Å²) < 4.78 is 1.35. The van der Waals surface area contributed by atoms with Crippen LogP contribution in [0.25, 0.3) is 11.4 Å². The molecule has 26 heavy (non-hydrogen) atoms. The van der Waals surface area contributed by atoms with E-state index in [1.165, 1.54) is 22.9 Å². The normalized spacial score (nSPS) is 20.4. The maximum atomic E-state index is 12.6. The molecule has 0 aliphatic carbocycles. The summed E-state index contributed by atoms with van der Waals surface area (Å²) in [5.41, 5.74) is 0.602. The second-order valence-electron chi connectivity index (χ2n) is 6.52. The van der Waals surface area contributed by atoms with E-state index >= 15 is 0 Å². The average Bonchev–Trinajstić information content (AvgIpc) is 2.95. The lowest BCUT2D eigenvalue weighted by Crippen LogP contribution is -2.48. The Balaban J connectivity index is 1.73. The molecule has 9 heteroatoms. The molecule has 0 bridgehead atoms. The Bertz CT molecular complexity index is 802. The molecule has 2 atom stereocenters. The number of carbonyl (C=O) groups is 1. The summed E-state index contributed by atoms with van der Waals surface area (Å²) in [5, 5.41) is 9.68. The van der Waals surface area contributed by atoms with Crippen LogP contribution in [0, 0.1) is 0 Å². The first-order chi connectivity index (χ1) is 12.4. The van der Waals surface area contributed by atoms with Crippen molar-refractivity contribution >= 4 is 40.9 Å². The molecule has 0 unspecified atom stereocenters. The number of hydrogen-bond acceptors (Lipinski definition) is 5. The van der Waals surface area contributed by atoms with Crippen LogP contribution in [-0.2, 0) is 4.79 Å². The maximum Gasteiger partial charge on any atom is 0.233 e. The number of piperidine rings is 1. The third kappa shape index (κ3) is 3.94. The van der Waals surface area contributed by atoms with Crippen molar-refractivity contribution < 1.29 is 4.79 Å². The molecule has 1 saturated heterocycles. The Kier molecular flexibility index (Phi) is 5.99. The van der Waals surface area contributed by atoms with Gasteiger partial charge in [0.2, 0.25) is 11.1 Å². The Morgan fingerprint density at radius 3 is 2.65 bits per heavy atom. The zero-order valence-electron chi connectivity index (χ0n) is 14.7. The van der Waals surface area contributed by atoms with Crippen molar-refractivity contribution in [2.45, 2.75) is 50.4 Å². The van der Waals surface area contributed by atoms with Gasteiger partial charge >= 0.3 is 0 Å². The average molecular weight is 414 g/mol. The van der Waals surface area contributed by atoms with Gasteiger partial charge in [0.05, 0.1) is 10.8 Å². The van der Waals surface area contributed by atoms with Crippen LogP contribution >= 0.6 is 35.0 Å². The molecule has 0 saturated carbocycles. The molecule has 1 fully saturated rings. The molecule has 140 valence electrons. The second kappa shape index (κ2) is 8.06. The van der Waals surface area contributed by atoms with E-state index in [1.807, 2.05) is 4.90 Å². The number of nitrogen functional groups attached to an aromatic ring is 1. The van der Waals surface area contributed by atoms with Crippen molar-refractivity contribution in [1.82, 2.24) is 19.8 Å². The van der Waals surface area contributed by atoms with Crippen LogP contribution in [0.4, 0.5) is 0 Å². The standard InChI is InChI=1S/C17H21Cl2N5OS/c1-10-4-3-5-11(2)23(10)15(25)9-26-17-22-21-16(24(17)20)13-8-12(18)6-7-14(13)19/h6-8,10-11H,3-5,9,20H2,1-2H3/t10-,11-/m1/s1. The van der Waals surface area contributed by atoms with Gasteiger partial charge in [-0.15, -0.1) is 10.2 Å². The highest BCUT2D eigenvalue weighted by atomic mass is 35.5. The van der Waals surface area contributed by atoms with Crippen LogP contribution in [0.2, 0.25) is 10.0 Å². The van der Waals surface area contributed by atoms with Gasteiger partial charge in [-0.1, -0.05) is 35.0 Å². The minimum absolute atomic E-state index is 0.0973. The zero-order chi connectivity index (χ0) is 18.8. The van der Waals surface area contributed by atoms with Gasteiger partial charge in [-0.3, -0.25) is 4.79 Å². The van der Waals surface area contributed by atoms with Gasteiger partial charge < -0.3 is 10.7 Å². The van der Waals surface area contributed by atoms with Gasteiger partial charge in [0, 0.05) is 22.7 Å². The van der Waals surface area contributed by atoms with E-state index in [1.54, 1.807) is 18.2 Å². The Labute approximate surface area is 167 Å². The van der Waals surface area contributed by atoms with E-state index < -0.39 is 0 Å². The quantitative estimate of drug-likeness (QED) is 0.608. The lowest BCUT2D eigenvalue weighted by atomic mass is 9.98. The second-order valence-corrected chi connectivity index (χ2v) is 8.31. The molecule has 1 aliphatic rings. The zero-order valence-corrected chi connectivity index (χ0v) is 17.0. The molecule has 0 radical (unpaired) electrons. The number of aromatic nitrogens is 3. The Morgan fingerprint density at radius 1 is 1.27 bits per heavy atom. The fourth-order valence-corrected chi connectivity index (χ4v) is 4.44. The Morgan fingerprint density at radius 2 is 1.96 bits per heavy atom. The van der Waals surface area contributed by atoms with Crippen molar-refractivity contribution in [2.24, 2.45) is 0 Å². The topological polar surface area (TPSA) is 77.0 Å². The fourth-order valence-electron chi connectivity index (χ4n) is 3.34. The smallest absolute Gasteiger partial charge is 0.233 e. The minimum Gasteiger partial charge on any atom is -0.337 e. The highest BCUT2D eigenvalue weighted by Gasteiger charge is 2.29. The molecule has 1 aromatic heterocycles. The summed E-state index contributed by atoms with van der Waals surface area (Å²) in [6.45, 7) is 4.20. The molecular weight excluding hydrogens is 393 g/mol. The number of likely N-dealkylation sites (tertiary alicyclic amines) is 1. The van der Waals surface area contributed by atoms with Crippen molar-refractivity contribution in [2.75, 3.05) is 11.6 Å². The largest absolute Gasteiger partial charge is 0.337 e. The van der Waals surface area contributed by atoms with E-state index in [9.17, 15) is 4.79 Å². The van der Waals surface area contributed by atoms with Crippen molar-refractivity contribution in [1.29, 1.82) is 0 Å². The van der Waals surface area contributed by atoms with Crippen LogP contribution < -0.4 is 5.84 Å². The molecule has 2 heterocycles. The number of rotatable bonds is 4. The monoisotopic (exact) mass is 413 g/mol. The van der Waals surface area contributed by atoms with Gasteiger partial charge in [0.1, 0.15) is 0 Å². The third-order valence-corrected chi connectivity index (χ3v) is 6.13. The van der Waals surface area contributed by atoms with E-state index in [4.69, 9.17) is 29.0 Å². The molecule has 1 amide bonds. The van der Waals surface area contributed by atoms with Gasteiger partial charge in [-0.05, 0) is 51.3 Å². The van der Waals surface area contributed by atoms with Gasteiger partial charge in [-0.25, -0.2) is 4.68 Å². The summed E-state index contributed by atoms with van der Waals surface area (Å²) in [4.78, 5) is 14.6. The number of hydrogen-bond donors (Lipinski definition) is 1. The molecule has 1 aromatic carbocycles. The van der Waals surface area contributed by atoms with Crippen molar-refractivity contribution in [3.63, 3.8) is 0 Å². The SMILES string of the molecule is C[C@@H]1CCC[C@@H](C)N1C(=O)CSc1nnc(-c2cc(Cl)ccc2Cl)n1N. The Hall–Kier alpha value is -1.44. The van der Waals surface area contributed by atoms with Crippen LogP contribution in [0.15, 0.2) is 23.4 Å². The highest BCUT2D eigenvalue weighted by Crippen LogP contribution is 2.31. The highest BCUT2D eigenvalue weighted by molar-refractivity contribution is 7.99. The number of nitrogens with two attached hydrogens (primary N) is 1. The number of nitrogens with zero attached hydrogens (tertiary/aromatic N) is 4. The first-order valence-corrected chi connectivity index (χ1v) is 10.2. The number of thioether (sulfide) groups is 1. The number of amides is 1. The van der Waals surface area contributed by atoms with Crippen LogP contribution in [0.1, 0.15) is 33.1 Å². The molecular formula is C17H21Cl2N5OS. The number of carbonyl (C=O) groups excluding carboxylic acids is 1. The predicted octanol–water partition coefficient (Wildman–Crippen LogP) is 3.85. The van der Waals surface area contributed by atoms with E-state index in [2.05, 4.69) is 24.0 Å². The molecule has 2 aromatic rings. The molecule has 6 nitrogen and oxygen atoms in total. The van der Waals surface area contributed by atoms with E-state index in [-0.39, 0.29) is 23.7 Å².